The van der Waals surface area contributed by atoms with E-state index in [1.165, 1.54) is 19.3 Å². The van der Waals surface area contributed by atoms with Crippen LogP contribution in [0.1, 0.15) is 46.5 Å². The van der Waals surface area contributed by atoms with Gasteiger partial charge >= 0.3 is 0 Å². The van der Waals surface area contributed by atoms with Gasteiger partial charge in [0, 0.05) is 0 Å². The minimum atomic E-state index is -0.0342. The first-order valence-electron chi connectivity index (χ1n) is 5.34. The van der Waals surface area contributed by atoms with E-state index in [2.05, 4.69) is 20.8 Å². The predicted molar refractivity (Wildman–Crippen MR) is 52.0 cm³/mol. The van der Waals surface area contributed by atoms with Crippen LogP contribution in [-0.2, 0) is 0 Å². The van der Waals surface area contributed by atoms with Gasteiger partial charge in [0.25, 0.3) is 0 Å². The normalized spacial score (nSPS) is 43.0. The summed E-state index contributed by atoms with van der Waals surface area (Å²) in [5.74, 6) is 2.09. The van der Waals surface area contributed by atoms with Gasteiger partial charge < -0.3 is 5.11 Å². The van der Waals surface area contributed by atoms with Gasteiger partial charge in [0.1, 0.15) is 0 Å². The molecule has 12 heavy (non-hydrogen) atoms. The fourth-order valence-electron chi connectivity index (χ4n) is 2.47. The van der Waals surface area contributed by atoms with Crippen molar-refractivity contribution in [2.75, 3.05) is 0 Å². The minimum absolute atomic E-state index is 0.0342. The zero-order chi connectivity index (χ0) is 9.14. The van der Waals surface area contributed by atoms with Crippen LogP contribution in [0.4, 0.5) is 0 Å². The summed E-state index contributed by atoms with van der Waals surface area (Å²) in [7, 11) is 0. The number of hydrogen-bond acceptors (Lipinski definition) is 1. The monoisotopic (exact) mass is 170 g/mol. The van der Waals surface area contributed by atoms with Crippen molar-refractivity contribution in [1.82, 2.24) is 0 Å². The average molecular weight is 170 g/mol. The van der Waals surface area contributed by atoms with Gasteiger partial charge in [0.2, 0.25) is 0 Å². The summed E-state index contributed by atoms with van der Waals surface area (Å²) < 4.78 is 0. The van der Waals surface area contributed by atoms with Crippen LogP contribution in [-0.4, -0.2) is 11.2 Å². The number of rotatable bonds is 2. The Hall–Kier alpha value is -0.0400. The third kappa shape index (κ3) is 2.01. The Morgan fingerprint density at radius 3 is 2.42 bits per heavy atom. The van der Waals surface area contributed by atoms with Crippen molar-refractivity contribution in [3.8, 4) is 0 Å². The maximum absolute atomic E-state index is 9.63. The van der Waals surface area contributed by atoms with Crippen LogP contribution in [0.25, 0.3) is 0 Å². The largest absolute Gasteiger partial charge is 0.393 e. The lowest BCUT2D eigenvalue weighted by Crippen LogP contribution is -2.34. The van der Waals surface area contributed by atoms with Crippen LogP contribution in [0.3, 0.4) is 0 Å². The highest BCUT2D eigenvalue weighted by molar-refractivity contribution is 4.82. The van der Waals surface area contributed by atoms with Gasteiger partial charge in [-0.05, 0) is 30.6 Å². The summed E-state index contributed by atoms with van der Waals surface area (Å²) in [5, 5.41) is 9.63. The fraction of sp³-hybridized carbons (Fsp3) is 1.00. The first-order chi connectivity index (χ1) is 5.66. The smallest absolute Gasteiger partial charge is 0.0568 e. The molecular weight excluding hydrogens is 148 g/mol. The van der Waals surface area contributed by atoms with E-state index in [0.717, 1.165) is 12.3 Å². The molecule has 1 saturated carbocycles. The summed E-state index contributed by atoms with van der Waals surface area (Å²) in [5.41, 5.74) is 0. The highest BCUT2D eigenvalue weighted by Gasteiger charge is 2.31. The van der Waals surface area contributed by atoms with Crippen molar-refractivity contribution in [3.63, 3.8) is 0 Å². The van der Waals surface area contributed by atoms with E-state index in [9.17, 15) is 5.11 Å². The summed E-state index contributed by atoms with van der Waals surface area (Å²) in [6, 6.07) is 0. The Bertz CT molecular complexity index is 133. The Morgan fingerprint density at radius 2 is 1.83 bits per heavy atom. The molecule has 1 aliphatic carbocycles. The molecule has 72 valence electrons. The predicted octanol–water partition coefficient (Wildman–Crippen LogP) is 2.83. The molecule has 1 N–H and O–H groups in total. The van der Waals surface area contributed by atoms with Crippen LogP contribution in [0.2, 0.25) is 0 Å². The van der Waals surface area contributed by atoms with E-state index < -0.39 is 0 Å². The van der Waals surface area contributed by atoms with Crippen molar-refractivity contribution in [3.05, 3.63) is 0 Å². The highest BCUT2D eigenvalue weighted by atomic mass is 16.3. The van der Waals surface area contributed by atoms with Gasteiger partial charge in [-0.1, -0.05) is 33.6 Å². The molecule has 4 unspecified atom stereocenters. The van der Waals surface area contributed by atoms with Gasteiger partial charge in [-0.2, -0.15) is 0 Å². The number of aliphatic hydroxyl groups excluding tert-OH is 1. The van der Waals surface area contributed by atoms with Gasteiger partial charge in [0.15, 0.2) is 0 Å². The first-order valence-corrected chi connectivity index (χ1v) is 5.34. The number of hydrogen-bond donors (Lipinski definition) is 1. The van der Waals surface area contributed by atoms with E-state index in [-0.39, 0.29) is 6.10 Å². The van der Waals surface area contributed by atoms with E-state index in [4.69, 9.17) is 0 Å². The summed E-state index contributed by atoms with van der Waals surface area (Å²) >= 11 is 0. The molecule has 1 aliphatic rings. The fourth-order valence-corrected chi connectivity index (χ4v) is 2.47. The molecule has 0 aromatic rings. The third-order valence-electron chi connectivity index (χ3n) is 3.67. The Morgan fingerprint density at radius 1 is 1.17 bits per heavy atom. The second-order valence-electron chi connectivity index (χ2n) is 4.41. The maximum Gasteiger partial charge on any atom is 0.0568 e. The minimum Gasteiger partial charge on any atom is -0.393 e. The molecule has 0 amide bonds. The molecule has 0 spiro atoms. The van der Waals surface area contributed by atoms with Crippen LogP contribution < -0.4 is 0 Å². The summed E-state index contributed by atoms with van der Waals surface area (Å²) in [6.45, 7) is 6.74. The SMILES string of the molecule is CCCC1CCC(O)C(C)C1C. The van der Waals surface area contributed by atoms with Gasteiger partial charge in [-0.3, -0.25) is 0 Å². The van der Waals surface area contributed by atoms with Crippen LogP contribution in [0.5, 0.6) is 0 Å². The highest BCUT2D eigenvalue weighted by Crippen LogP contribution is 2.36. The summed E-state index contributed by atoms with van der Waals surface area (Å²) in [6.07, 6.45) is 4.86. The molecule has 0 saturated heterocycles. The molecule has 0 aliphatic heterocycles. The van der Waals surface area contributed by atoms with Crippen molar-refractivity contribution in [2.45, 2.75) is 52.6 Å². The average Bonchev–Trinajstić information content (AvgIpc) is 2.07. The molecule has 1 nitrogen and oxygen atoms in total. The molecule has 0 radical (unpaired) electrons. The molecule has 1 heteroatoms. The molecular formula is C11H22O. The molecule has 0 heterocycles. The van der Waals surface area contributed by atoms with Crippen molar-refractivity contribution >= 4 is 0 Å². The van der Waals surface area contributed by atoms with E-state index in [0.29, 0.717) is 11.8 Å². The molecule has 0 aromatic carbocycles. The topological polar surface area (TPSA) is 20.2 Å². The second-order valence-corrected chi connectivity index (χ2v) is 4.41. The van der Waals surface area contributed by atoms with E-state index in [1.807, 2.05) is 0 Å². The zero-order valence-corrected chi connectivity index (χ0v) is 8.59. The van der Waals surface area contributed by atoms with Crippen LogP contribution in [0, 0.1) is 17.8 Å². The Balaban J connectivity index is 2.46. The molecule has 1 fully saturated rings. The van der Waals surface area contributed by atoms with Gasteiger partial charge in [0.05, 0.1) is 6.10 Å². The van der Waals surface area contributed by atoms with Crippen molar-refractivity contribution in [2.24, 2.45) is 17.8 Å². The second kappa shape index (κ2) is 4.27. The van der Waals surface area contributed by atoms with Crippen molar-refractivity contribution in [1.29, 1.82) is 0 Å². The zero-order valence-electron chi connectivity index (χ0n) is 8.59. The molecule has 0 aromatic heterocycles. The summed E-state index contributed by atoms with van der Waals surface area (Å²) in [4.78, 5) is 0. The molecule has 1 rings (SSSR count). The molecule has 4 atom stereocenters. The lowest BCUT2D eigenvalue weighted by atomic mass is 9.71. The van der Waals surface area contributed by atoms with Crippen LogP contribution in [0.15, 0.2) is 0 Å². The lowest BCUT2D eigenvalue weighted by molar-refractivity contribution is 0.0158. The Kier molecular flexibility index (Phi) is 3.57. The van der Waals surface area contributed by atoms with E-state index >= 15 is 0 Å². The quantitative estimate of drug-likeness (QED) is 0.675. The number of aliphatic hydroxyl groups is 1. The van der Waals surface area contributed by atoms with Gasteiger partial charge in [-0.25, -0.2) is 0 Å². The van der Waals surface area contributed by atoms with Gasteiger partial charge in [-0.15, -0.1) is 0 Å². The maximum atomic E-state index is 9.63. The Labute approximate surface area is 76.2 Å². The van der Waals surface area contributed by atoms with E-state index in [1.54, 1.807) is 0 Å². The third-order valence-corrected chi connectivity index (χ3v) is 3.67. The lowest BCUT2D eigenvalue weighted by Gasteiger charge is -2.37. The molecule has 0 bridgehead atoms. The van der Waals surface area contributed by atoms with Crippen molar-refractivity contribution < 1.29 is 5.11 Å². The standard InChI is InChI=1S/C11H22O/c1-4-5-10-6-7-11(12)9(3)8(10)2/h8-12H,4-7H2,1-3H3. The van der Waals surface area contributed by atoms with Crippen LogP contribution >= 0.6 is 0 Å². The first kappa shape index (κ1) is 10.0.